The Bertz CT molecular complexity index is 561. The van der Waals surface area contributed by atoms with Gasteiger partial charge in [0.25, 0.3) is 0 Å². The number of fused-ring (bicyclic) bond motifs is 1. The molecule has 2 atom stereocenters. The van der Waals surface area contributed by atoms with Gasteiger partial charge >= 0.3 is 0 Å². The highest BCUT2D eigenvalue weighted by atomic mass is 32.2. The second-order valence-corrected chi connectivity index (χ2v) is 6.59. The van der Waals surface area contributed by atoms with E-state index in [1.54, 1.807) is 16.7 Å². The number of likely N-dealkylation sites (tertiary alicyclic amines) is 1. The Morgan fingerprint density at radius 3 is 3.00 bits per heavy atom. The van der Waals surface area contributed by atoms with Gasteiger partial charge in [-0.3, -0.25) is 9.59 Å². The molecule has 0 aromatic heterocycles. The normalized spacial score (nSPS) is 22.2. The van der Waals surface area contributed by atoms with Crippen molar-refractivity contribution < 1.29 is 9.59 Å². The maximum absolute atomic E-state index is 12.6. The Hall–Kier alpha value is -1.49. The lowest BCUT2D eigenvalue weighted by Crippen LogP contribution is -2.48. The number of nitrogens with zero attached hydrogens (tertiary/aromatic N) is 1. The summed E-state index contributed by atoms with van der Waals surface area (Å²) in [6.07, 6.45) is 2.11. The number of nitrogens with one attached hydrogen (secondary N) is 1. The summed E-state index contributed by atoms with van der Waals surface area (Å²) in [5, 5.41) is 3.13. The number of carbonyl (C=O) groups is 2. The van der Waals surface area contributed by atoms with Gasteiger partial charge in [-0.15, -0.1) is 11.8 Å². The highest BCUT2D eigenvalue weighted by Gasteiger charge is 2.33. The molecular formula is C16H20N2O2S. The van der Waals surface area contributed by atoms with Crippen LogP contribution in [0.1, 0.15) is 37.8 Å². The smallest absolute Gasteiger partial charge is 0.243 e. The maximum Gasteiger partial charge on any atom is 0.243 e. The van der Waals surface area contributed by atoms with Gasteiger partial charge in [-0.1, -0.05) is 25.1 Å². The quantitative estimate of drug-likeness (QED) is 0.929. The van der Waals surface area contributed by atoms with Crippen LogP contribution in [-0.2, 0) is 9.59 Å². The summed E-state index contributed by atoms with van der Waals surface area (Å²) in [6.45, 7) is 2.67. The molecule has 2 heterocycles. The first-order valence-electron chi connectivity index (χ1n) is 7.52. The van der Waals surface area contributed by atoms with Crippen LogP contribution in [0.5, 0.6) is 0 Å². The number of carbonyl (C=O) groups excluding carboxylic acids is 2. The monoisotopic (exact) mass is 304 g/mol. The van der Waals surface area contributed by atoms with E-state index in [4.69, 9.17) is 0 Å². The van der Waals surface area contributed by atoms with Gasteiger partial charge in [0, 0.05) is 23.6 Å². The molecule has 21 heavy (non-hydrogen) atoms. The summed E-state index contributed by atoms with van der Waals surface area (Å²) in [6, 6.07) is 7.93. The molecular weight excluding hydrogens is 284 g/mol. The van der Waals surface area contributed by atoms with Crippen LogP contribution < -0.4 is 5.32 Å². The molecule has 0 radical (unpaired) electrons. The molecule has 1 saturated heterocycles. The average Bonchev–Trinajstić information content (AvgIpc) is 3.08. The topological polar surface area (TPSA) is 49.4 Å². The van der Waals surface area contributed by atoms with E-state index in [1.807, 2.05) is 19.1 Å². The molecule has 0 aliphatic carbocycles. The molecule has 2 amide bonds. The fourth-order valence-corrected chi connectivity index (χ4v) is 4.26. The summed E-state index contributed by atoms with van der Waals surface area (Å²) in [7, 11) is 0. The minimum atomic E-state index is -0.322. The molecule has 0 bridgehead atoms. The lowest BCUT2D eigenvalue weighted by molar-refractivity contribution is -0.137. The molecule has 3 rings (SSSR count). The van der Waals surface area contributed by atoms with Gasteiger partial charge in [0.1, 0.15) is 6.04 Å². The molecule has 4 nitrogen and oxygen atoms in total. The van der Waals surface area contributed by atoms with Crippen LogP contribution in [0.2, 0.25) is 0 Å². The third-order valence-electron chi connectivity index (χ3n) is 4.19. The van der Waals surface area contributed by atoms with Crippen LogP contribution in [0, 0.1) is 0 Å². The Morgan fingerprint density at radius 2 is 2.29 bits per heavy atom. The van der Waals surface area contributed by atoms with Crippen molar-refractivity contribution in [3.63, 3.8) is 0 Å². The van der Waals surface area contributed by atoms with Crippen molar-refractivity contribution in [1.29, 1.82) is 0 Å². The summed E-state index contributed by atoms with van der Waals surface area (Å²) in [5.41, 5.74) is 1.19. The van der Waals surface area contributed by atoms with Gasteiger partial charge in [0.2, 0.25) is 11.8 Å². The van der Waals surface area contributed by atoms with Crippen LogP contribution in [0.25, 0.3) is 0 Å². The Balaban J connectivity index is 1.70. The van der Waals surface area contributed by atoms with Crippen LogP contribution >= 0.6 is 11.8 Å². The van der Waals surface area contributed by atoms with E-state index < -0.39 is 0 Å². The van der Waals surface area contributed by atoms with Crippen LogP contribution in [-0.4, -0.2) is 35.1 Å². The number of hydrogen-bond acceptors (Lipinski definition) is 3. The van der Waals surface area contributed by atoms with Crippen molar-refractivity contribution >= 4 is 23.6 Å². The molecule has 0 unspecified atom stereocenters. The zero-order valence-corrected chi connectivity index (χ0v) is 13.0. The standard InChI is InChI=1S/C16H20N2O2S/c1-2-13(18-9-5-8-15(18)19)16(20)17-12-10-21-14-7-4-3-6-11(12)14/h3-4,6-7,12-13H,2,5,8-10H2,1H3,(H,17,20)/t12-,13-/m1/s1. The second kappa shape index (κ2) is 6.10. The molecule has 1 N–H and O–H groups in total. The van der Waals surface area contributed by atoms with E-state index >= 15 is 0 Å². The van der Waals surface area contributed by atoms with E-state index in [0.717, 1.165) is 12.2 Å². The minimum absolute atomic E-state index is 0.0185. The van der Waals surface area contributed by atoms with E-state index in [0.29, 0.717) is 19.4 Å². The molecule has 2 aliphatic rings. The lowest BCUT2D eigenvalue weighted by Gasteiger charge is -2.27. The average molecular weight is 304 g/mol. The predicted octanol–water partition coefficient (Wildman–Crippen LogP) is 2.35. The minimum Gasteiger partial charge on any atom is -0.347 e. The Morgan fingerprint density at radius 1 is 1.48 bits per heavy atom. The SMILES string of the molecule is CC[C@H](C(=O)N[C@@H]1CSc2ccccc21)N1CCCC1=O. The molecule has 1 aromatic rings. The summed E-state index contributed by atoms with van der Waals surface area (Å²) < 4.78 is 0. The Kier molecular flexibility index (Phi) is 4.19. The van der Waals surface area contributed by atoms with Crippen molar-refractivity contribution in [3.05, 3.63) is 29.8 Å². The fourth-order valence-electron chi connectivity index (χ4n) is 3.10. The van der Waals surface area contributed by atoms with E-state index in [1.165, 1.54) is 10.5 Å². The molecule has 112 valence electrons. The van der Waals surface area contributed by atoms with Gasteiger partial charge in [-0.05, 0) is 24.5 Å². The molecule has 0 saturated carbocycles. The number of amides is 2. The fraction of sp³-hybridized carbons (Fsp3) is 0.500. The first-order valence-corrected chi connectivity index (χ1v) is 8.51. The maximum atomic E-state index is 12.6. The van der Waals surface area contributed by atoms with Gasteiger partial charge in [0.05, 0.1) is 6.04 Å². The number of rotatable bonds is 4. The molecule has 1 aromatic carbocycles. The highest BCUT2D eigenvalue weighted by Crippen LogP contribution is 2.37. The molecule has 2 aliphatic heterocycles. The van der Waals surface area contributed by atoms with Crippen molar-refractivity contribution in [2.45, 2.75) is 43.2 Å². The molecule has 0 spiro atoms. The Labute approximate surface area is 129 Å². The zero-order chi connectivity index (χ0) is 14.8. The summed E-state index contributed by atoms with van der Waals surface area (Å²) in [5.74, 6) is 0.961. The first kappa shape index (κ1) is 14.4. The van der Waals surface area contributed by atoms with E-state index in [9.17, 15) is 9.59 Å². The van der Waals surface area contributed by atoms with Crippen molar-refractivity contribution in [3.8, 4) is 0 Å². The number of thioether (sulfide) groups is 1. The summed E-state index contributed by atoms with van der Waals surface area (Å²) >= 11 is 1.77. The van der Waals surface area contributed by atoms with Gasteiger partial charge in [0.15, 0.2) is 0 Å². The van der Waals surface area contributed by atoms with Crippen LogP contribution in [0.4, 0.5) is 0 Å². The van der Waals surface area contributed by atoms with Crippen molar-refractivity contribution in [2.24, 2.45) is 0 Å². The van der Waals surface area contributed by atoms with E-state index in [2.05, 4.69) is 17.4 Å². The predicted molar refractivity (Wildman–Crippen MR) is 83.1 cm³/mol. The second-order valence-electron chi connectivity index (χ2n) is 5.52. The molecule has 5 heteroatoms. The highest BCUT2D eigenvalue weighted by molar-refractivity contribution is 7.99. The van der Waals surface area contributed by atoms with E-state index in [-0.39, 0.29) is 23.9 Å². The molecule has 1 fully saturated rings. The summed E-state index contributed by atoms with van der Waals surface area (Å²) in [4.78, 5) is 27.4. The first-order chi connectivity index (χ1) is 10.2. The van der Waals surface area contributed by atoms with Gasteiger partial charge < -0.3 is 10.2 Å². The van der Waals surface area contributed by atoms with Crippen molar-refractivity contribution in [1.82, 2.24) is 10.2 Å². The van der Waals surface area contributed by atoms with Gasteiger partial charge in [-0.25, -0.2) is 0 Å². The third-order valence-corrected chi connectivity index (χ3v) is 5.37. The number of benzene rings is 1. The zero-order valence-electron chi connectivity index (χ0n) is 12.2. The van der Waals surface area contributed by atoms with Crippen LogP contribution in [0.15, 0.2) is 29.2 Å². The van der Waals surface area contributed by atoms with Crippen LogP contribution in [0.3, 0.4) is 0 Å². The lowest BCUT2D eigenvalue weighted by atomic mass is 10.1. The largest absolute Gasteiger partial charge is 0.347 e. The number of hydrogen-bond donors (Lipinski definition) is 1. The van der Waals surface area contributed by atoms with Crippen molar-refractivity contribution in [2.75, 3.05) is 12.3 Å². The third kappa shape index (κ3) is 2.79. The van der Waals surface area contributed by atoms with Gasteiger partial charge in [-0.2, -0.15) is 0 Å².